The highest BCUT2D eigenvalue weighted by Crippen LogP contribution is 2.31. The Labute approximate surface area is 128 Å². The quantitative estimate of drug-likeness (QED) is 0.891. The van der Waals surface area contributed by atoms with Gasteiger partial charge in [0.05, 0.1) is 0 Å². The van der Waals surface area contributed by atoms with Crippen LogP contribution in [0, 0.1) is 11.7 Å². The Hall–Kier alpha value is -1.09. The number of anilines is 1. The smallest absolute Gasteiger partial charge is 0.123 e. The third-order valence-corrected chi connectivity index (χ3v) is 4.53. The van der Waals surface area contributed by atoms with Gasteiger partial charge in [-0.1, -0.05) is 6.92 Å². The summed E-state index contributed by atoms with van der Waals surface area (Å²) in [5.74, 6) is 0.536. The molecule has 1 saturated heterocycles. The first-order valence-corrected chi connectivity index (χ1v) is 8.08. The molecule has 2 atom stereocenters. The van der Waals surface area contributed by atoms with Crippen molar-refractivity contribution < 1.29 is 4.39 Å². The van der Waals surface area contributed by atoms with Crippen molar-refractivity contribution in [2.75, 3.05) is 11.4 Å². The molecule has 2 unspecified atom stereocenters. The third-order valence-electron chi connectivity index (χ3n) is 4.53. The third kappa shape index (κ3) is 4.19. The molecular formula is C18H29FN2. The fourth-order valence-electron chi connectivity index (χ4n) is 3.01. The van der Waals surface area contributed by atoms with E-state index in [-0.39, 0.29) is 11.4 Å². The van der Waals surface area contributed by atoms with Crippen LogP contribution < -0.4 is 10.2 Å². The molecule has 1 heterocycles. The average Bonchev–Trinajstić information content (AvgIpc) is 2.39. The van der Waals surface area contributed by atoms with Crippen LogP contribution >= 0.6 is 0 Å². The second kappa shape index (κ2) is 6.35. The molecule has 0 spiro atoms. The number of nitrogens with one attached hydrogen (secondary N) is 1. The number of piperidine rings is 1. The summed E-state index contributed by atoms with van der Waals surface area (Å²) in [6.07, 6.45) is 2.50. The zero-order valence-electron chi connectivity index (χ0n) is 14.0. The molecule has 118 valence electrons. The largest absolute Gasteiger partial charge is 0.368 e. The van der Waals surface area contributed by atoms with Crippen LogP contribution in [0.15, 0.2) is 18.2 Å². The lowest BCUT2D eigenvalue weighted by Crippen LogP contribution is -2.43. The summed E-state index contributed by atoms with van der Waals surface area (Å²) in [6, 6.07) is 5.73. The maximum Gasteiger partial charge on any atom is 0.123 e. The van der Waals surface area contributed by atoms with Crippen LogP contribution in [0.1, 0.15) is 53.0 Å². The fraction of sp³-hybridized carbons (Fsp3) is 0.667. The molecule has 1 aliphatic rings. The Morgan fingerprint density at radius 1 is 1.29 bits per heavy atom. The van der Waals surface area contributed by atoms with Crippen molar-refractivity contribution in [3.63, 3.8) is 0 Å². The van der Waals surface area contributed by atoms with Crippen LogP contribution in [-0.2, 0) is 6.54 Å². The minimum atomic E-state index is -0.151. The van der Waals surface area contributed by atoms with Gasteiger partial charge in [0, 0.05) is 30.4 Å². The van der Waals surface area contributed by atoms with Gasteiger partial charge in [-0.25, -0.2) is 4.39 Å². The Bertz CT molecular complexity index is 479. The topological polar surface area (TPSA) is 15.3 Å². The Morgan fingerprint density at radius 2 is 2.00 bits per heavy atom. The van der Waals surface area contributed by atoms with E-state index in [1.165, 1.54) is 18.5 Å². The van der Waals surface area contributed by atoms with E-state index in [4.69, 9.17) is 0 Å². The van der Waals surface area contributed by atoms with Crippen LogP contribution in [-0.4, -0.2) is 18.1 Å². The van der Waals surface area contributed by atoms with Gasteiger partial charge >= 0.3 is 0 Å². The van der Waals surface area contributed by atoms with Crippen LogP contribution in [0.3, 0.4) is 0 Å². The molecule has 2 nitrogen and oxygen atoms in total. The maximum absolute atomic E-state index is 13.7. The highest BCUT2D eigenvalue weighted by Gasteiger charge is 2.26. The van der Waals surface area contributed by atoms with Crippen molar-refractivity contribution in [1.29, 1.82) is 0 Å². The first-order chi connectivity index (χ1) is 9.78. The molecule has 1 aromatic rings. The molecule has 0 aliphatic carbocycles. The van der Waals surface area contributed by atoms with Gasteiger partial charge < -0.3 is 10.2 Å². The highest BCUT2D eigenvalue weighted by atomic mass is 19.1. The summed E-state index contributed by atoms with van der Waals surface area (Å²) >= 11 is 0. The second-order valence-corrected chi connectivity index (χ2v) is 7.43. The van der Waals surface area contributed by atoms with Gasteiger partial charge in [-0.2, -0.15) is 0 Å². The zero-order chi connectivity index (χ0) is 15.6. The highest BCUT2D eigenvalue weighted by molar-refractivity contribution is 5.55. The van der Waals surface area contributed by atoms with Gasteiger partial charge in [0.25, 0.3) is 0 Å². The summed E-state index contributed by atoms with van der Waals surface area (Å²) in [4.78, 5) is 2.45. The van der Waals surface area contributed by atoms with Crippen LogP contribution in [0.2, 0.25) is 0 Å². The molecule has 0 amide bonds. The molecule has 2 rings (SSSR count). The number of rotatable bonds is 3. The number of nitrogens with zero attached hydrogens (tertiary/aromatic N) is 1. The van der Waals surface area contributed by atoms with Crippen LogP contribution in [0.25, 0.3) is 0 Å². The summed E-state index contributed by atoms with van der Waals surface area (Å²) < 4.78 is 13.7. The van der Waals surface area contributed by atoms with Gasteiger partial charge in [0.1, 0.15) is 5.82 Å². The van der Waals surface area contributed by atoms with Crippen molar-refractivity contribution in [2.45, 2.75) is 65.6 Å². The van der Waals surface area contributed by atoms with E-state index in [2.05, 4.69) is 44.8 Å². The van der Waals surface area contributed by atoms with Gasteiger partial charge in [-0.15, -0.1) is 0 Å². The molecule has 21 heavy (non-hydrogen) atoms. The lowest BCUT2D eigenvalue weighted by atomic mass is 9.91. The summed E-state index contributed by atoms with van der Waals surface area (Å²) in [7, 11) is 0. The lowest BCUT2D eigenvalue weighted by Gasteiger charge is -2.41. The summed E-state index contributed by atoms with van der Waals surface area (Å²) in [5, 5.41) is 3.48. The molecule has 1 N–H and O–H groups in total. The van der Waals surface area contributed by atoms with E-state index in [9.17, 15) is 4.39 Å². The van der Waals surface area contributed by atoms with Gasteiger partial charge in [0.15, 0.2) is 0 Å². The average molecular weight is 292 g/mol. The van der Waals surface area contributed by atoms with Crippen molar-refractivity contribution in [3.8, 4) is 0 Å². The number of benzene rings is 1. The first-order valence-electron chi connectivity index (χ1n) is 8.08. The van der Waals surface area contributed by atoms with Crippen molar-refractivity contribution in [3.05, 3.63) is 29.6 Å². The SMILES string of the molecule is CC1CCCN(c2ccc(F)cc2CNC(C)(C)C)C1C. The minimum Gasteiger partial charge on any atom is -0.368 e. The normalized spacial score (nSPS) is 23.4. The Morgan fingerprint density at radius 3 is 2.67 bits per heavy atom. The molecule has 0 radical (unpaired) electrons. The van der Waals surface area contributed by atoms with E-state index in [0.29, 0.717) is 18.5 Å². The van der Waals surface area contributed by atoms with E-state index < -0.39 is 0 Å². The minimum absolute atomic E-state index is 0.0321. The molecule has 0 aromatic heterocycles. The van der Waals surface area contributed by atoms with Gasteiger partial charge in [0.2, 0.25) is 0 Å². The fourth-order valence-corrected chi connectivity index (χ4v) is 3.01. The number of hydrogen-bond donors (Lipinski definition) is 1. The van der Waals surface area contributed by atoms with E-state index in [1.54, 1.807) is 12.1 Å². The first kappa shape index (κ1) is 16.3. The predicted octanol–water partition coefficient (Wildman–Crippen LogP) is 4.34. The van der Waals surface area contributed by atoms with Crippen molar-refractivity contribution in [1.82, 2.24) is 5.32 Å². The zero-order valence-corrected chi connectivity index (χ0v) is 14.0. The van der Waals surface area contributed by atoms with E-state index >= 15 is 0 Å². The second-order valence-electron chi connectivity index (χ2n) is 7.43. The molecular weight excluding hydrogens is 263 g/mol. The number of hydrogen-bond acceptors (Lipinski definition) is 2. The predicted molar refractivity (Wildman–Crippen MR) is 88.2 cm³/mol. The molecule has 0 bridgehead atoms. The molecule has 1 aliphatic heterocycles. The molecule has 0 saturated carbocycles. The Balaban J connectivity index is 2.25. The molecule has 1 aromatic carbocycles. The van der Waals surface area contributed by atoms with E-state index in [1.807, 2.05) is 6.07 Å². The maximum atomic E-state index is 13.7. The van der Waals surface area contributed by atoms with Gasteiger partial charge in [-0.05, 0) is 70.2 Å². The Kier molecular flexibility index (Phi) is 4.92. The van der Waals surface area contributed by atoms with Gasteiger partial charge in [-0.3, -0.25) is 0 Å². The van der Waals surface area contributed by atoms with Crippen molar-refractivity contribution >= 4 is 5.69 Å². The summed E-state index contributed by atoms with van der Waals surface area (Å²) in [6.45, 7) is 12.8. The van der Waals surface area contributed by atoms with Crippen LogP contribution in [0.5, 0.6) is 0 Å². The lowest BCUT2D eigenvalue weighted by molar-refractivity contribution is 0.362. The van der Waals surface area contributed by atoms with E-state index in [0.717, 1.165) is 12.1 Å². The summed E-state index contributed by atoms with van der Waals surface area (Å²) in [5.41, 5.74) is 2.28. The van der Waals surface area contributed by atoms with Crippen molar-refractivity contribution in [2.24, 2.45) is 5.92 Å². The molecule has 1 fully saturated rings. The standard InChI is InChI=1S/C18H29FN2/c1-13-7-6-10-21(14(13)2)17-9-8-16(19)11-15(17)12-20-18(3,4)5/h8-9,11,13-14,20H,6-7,10,12H2,1-5H3. The monoisotopic (exact) mass is 292 g/mol. The van der Waals surface area contributed by atoms with Crippen LogP contribution in [0.4, 0.5) is 10.1 Å². The number of halogens is 1. The molecule has 3 heteroatoms.